The molecule has 2 aromatic carbocycles. The lowest BCUT2D eigenvalue weighted by Crippen LogP contribution is -2.07. The van der Waals surface area contributed by atoms with E-state index in [9.17, 15) is 13.6 Å². The third-order valence-corrected chi connectivity index (χ3v) is 2.77. The van der Waals surface area contributed by atoms with Gasteiger partial charge in [0.05, 0.1) is 5.56 Å². The molecule has 0 aliphatic carbocycles. The van der Waals surface area contributed by atoms with Gasteiger partial charge < -0.3 is 0 Å². The van der Waals surface area contributed by atoms with Gasteiger partial charge in [0, 0.05) is 11.4 Å². The average molecular weight is 267 g/mol. The molecule has 0 saturated carbocycles. The van der Waals surface area contributed by atoms with Crippen molar-refractivity contribution in [3.05, 3.63) is 70.2 Å². The van der Waals surface area contributed by atoms with Crippen molar-refractivity contribution >= 4 is 17.4 Å². The Morgan fingerprint density at radius 3 is 2.50 bits per heavy atom. The van der Waals surface area contributed by atoms with E-state index in [1.54, 1.807) is 6.07 Å². The number of carbonyl (C=O) groups is 1. The first kappa shape index (κ1) is 12.7. The van der Waals surface area contributed by atoms with Crippen LogP contribution >= 0.6 is 11.6 Å². The fourth-order valence-electron chi connectivity index (χ4n) is 1.62. The number of hydrogen-bond acceptors (Lipinski definition) is 1. The van der Waals surface area contributed by atoms with Gasteiger partial charge in [-0.3, -0.25) is 4.79 Å². The smallest absolute Gasteiger partial charge is 0.170 e. The molecule has 0 aliphatic rings. The standard InChI is InChI=1S/C14H9ClF2O/c15-10-5-6-13(17)11(8-10)14(18)7-9-3-1-2-4-12(9)16/h1-6,8H,7H2. The van der Waals surface area contributed by atoms with Gasteiger partial charge >= 0.3 is 0 Å². The largest absolute Gasteiger partial charge is 0.294 e. The molecule has 0 heterocycles. The van der Waals surface area contributed by atoms with Gasteiger partial charge in [0.15, 0.2) is 5.78 Å². The minimum absolute atomic E-state index is 0.120. The molecule has 0 amide bonds. The van der Waals surface area contributed by atoms with Crippen molar-refractivity contribution in [2.24, 2.45) is 0 Å². The zero-order valence-corrected chi connectivity index (χ0v) is 10.0. The number of halogens is 3. The summed E-state index contributed by atoms with van der Waals surface area (Å²) in [4.78, 5) is 11.9. The quantitative estimate of drug-likeness (QED) is 0.766. The fourth-order valence-corrected chi connectivity index (χ4v) is 1.79. The molecule has 1 nitrogen and oxygen atoms in total. The Kier molecular flexibility index (Phi) is 3.72. The third-order valence-electron chi connectivity index (χ3n) is 2.54. The number of rotatable bonds is 3. The lowest BCUT2D eigenvalue weighted by Gasteiger charge is -2.04. The molecule has 2 rings (SSSR count). The van der Waals surface area contributed by atoms with E-state index in [4.69, 9.17) is 11.6 Å². The maximum Gasteiger partial charge on any atom is 0.170 e. The van der Waals surface area contributed by atoms with Crippen molar-refractivity contribution in [3.8, 4) is 0 Å². The average Bonchev–Trinajstić information content (AvgIpc) is 2.35. The molecule has 0 spiro atoms. The van der Waals surface area contributed by atoms with Crippen LogP contribution in [0.1, 0.15) is 15.9 Å². The molecule has 4 heteroatoms. The third kappa shape index (κ3) is 2.74. The van der Waals surface area contributed by atoms with Crippen LogP contribution in [0.2, 0.25) is 5.02 Å². The second-order valence-electron chi connectivity index (χ2n) is 3.82. The van der Waals surface area contributed by atoms with Gasteiger partial charge in [-0.25, -0.2) is 8.78 Å². The highest BCUT2D eigenvalue weighted by molar-refractivity contribution is 6.31. The summed E-state index contributed by atoms with van der Waals surface area (Å²) in [6.45, 7) is 0. The van der Waals surface area contributed by atoms with Crippen LogP contribution in [0.25, 0.3) is 0 Å². The van der Waals surface area contributed by atoms with Crippen molar-refractivity contribution in [2.45, 2.75) is 6.42 Å². The van der Waals surface area contributed by atoms with E-state index in [0.717, 1.165) is 6.07 Å². The minimum Gasteiger partial charge on any atom is -0.294 e. The molecule has 18 heavy (non-hydrogen) atoms. The minimum atomic E-state index is -0.652. The zero-order valence-electron chi connectivity index (χ0n) is 9.29. The highest BCUT2D eigenvalue weighted by Gasteiger charge is 2.14. The Labute approximate surface area is 108 Å². The van der Waals surface area contributed by atoms with Crippen LogP contribution in [0, 0.1) is 11.6 Å². The summed E-state index contributed by atoms with van der Waals surface area (Å²) in [5.74, 6) is -1.63. The van der Waals surface area contributed by atoms with Gasteiger partial charge in [-0.1, -0.05) is 29.8 Å². The van der Waals surface area contributed by atoms with Crippen molar-refractivity contribution in [1.82, 2.24) is 0 Å². The lowest BCUT2D eigenvalue weighted by atomic mass is 10.0. The molecular formula is C14H9ClF2O. The first-order chi connectivity index (χ1) is 8.58. The number of hydrogen-bond donors (Lipinski definition) is 0. The highest BCUT2D eigenvalue weighted by Crippen LogP contribution is 2.18. The number of carbonyl (C=O) groups excluding carboxylic acids is 1. The number of ketones is 1. The Hall–Kier alpha value is -1.74. The molecule has 2 aromatic rings. The fraction of sp³-hybridized carbons (Fsp3) is 0.0714. The van der Waals surface area contributed by atoms with E-state index in [1.165, 1.54) is 30.3 Å². The molecular weight excluding hydrogens is 258 g/mol. The van der Waals surface area contributed by atoms with E-state index >= 15 is 0 Å². The molecule has 0 N–H and O–H groups in total. The molecule has 0 aromatic heterocycles. The second kappa shape index (κ2) is 5.27. The lowest BCUT2D eigenvalue weighted by molar-refractivity contribution is 0.0988. The highest BCUT2D eigenvalue weighted by atomic mass is 35.5. The van der Waals surface area contributed by atoms with Gasteiger partial charge in [0.1, 0.15) is 11.6 Å². The molecule has 0 fully saturated rings. The summed E-state index contributed by atoms with van der Waals surface area (Å²) in [6.07, 6.45) is -0.191. The van der Waals surface area contributed by atoms with Crippen LogP contribution in [0.15, 0.2) is 42.5 Å². The first-order valence-corrected chi connectivity index (χ1v) is 5.67. The summed E-state index contributed by atoms with van der Waals surface area (Å²) in [7, 11) is 0. The molecule has 0 radical (unpaired) electrons. The Bertz CT molecular complexity index is 596. The van der Waals surface area contributed by atoms with Gasteiger partial charge in [-0.2, -0.15) is 0 Å². The summed E-state index contributed by atoms with van der Waals surface area (Å²) in [6, 6.07) is 9.64. The molecule has 0 aliphatic heterocycles. The zero-order chi connectivity index (χ0) is 13.1. The maximum atomic E-state index is 13.5. The van der Waals surface area contributed by atoms with E-state index in [1.807, 2.05) is 0 Å². The SMILES string of the molecule is O=C(Cc1ccccc1F)c1cc(Cl)ccc1F. The van der Waals surface area contributed by atoms with Gasteiger partial charge in [0.25, 0.3) is 0 Å². The van der Waals surface area contributed by atoms with Gasteiger partial charge in [0.2, 0.25) is 0 Å². The molecule has 0 unspecified atom stereocenters. The van der Waals surface area contributed by atoms with Crippen LogP contribution < -0.4 is 0 Å². The Morgan fingerprint density at radius 1 is 1.06 bits per heavy atom. The van der Waals surface area contributed by atoms with Crippen LogP contribution in [0.4, 0.5) is 8.78 Å². The maximum absolute atomic E-state index is 13.5. The van der Waals surface area contributed by atoms with Crippen molar-refractivity contribution in [3.63, 3.8) is 0 Å². The van der Waals surface area contributed by atoms with E-state index in [0.29, 0.717) is 0 Å². The van der Waals surface area contributed by atoms with Gasteiger partial charge in [-0.15, -0.1) is 0 Å². The summed E-state index contributed by atoms with van der Waals surface area (Å²) in [5, 5.41) is 0.272. The summed E-state index contributed by atoms with van der Waals surface area (Å²) >= 11 is 5.70. The number of benzene rings is 2. The normalized spacial score (nSPS) is 10.4. The molecule has 0 bridgehead atoms. The molecule has 0 saturated heterocycles. The Morgan fingerprint density at radius 2 is 1.78 bits per heavy atom. The van der Waals surface area contributed by atoms with E-state index in [2.05, 4.69) is 0 Å². The van der Waals surface area contributed by atoms with Crippen molar-refractivity contribution in [1.29, 1.82) is 0 Å². The van der Waals surface area contributed by atoms with E-state index in [-0.39, 0.29) is 22.6 Å². The predicted octanol–water partition coefficient (Wildman–Crippen LogP) is 4.04. The topological polar surface area (TPSA) is 17.1 Å². The Balaban J connectivity index is 2.28. The number of Topliss-reactive ketones (excluding diaryl/α,β-unsaturated/α-hetero) is 1. The predicted molar refractivity (Wildman–Crippen MR) is 65.8 cm³/mol. The van der Waals surface area contributed by atoms with E-state index < -0.39 is 17.4 Å². The van der Waals surface area contributed by atoms with Crippen molar-refractivity contribution in [2.75, 3.05) is 0 Å². The first-order valence-electron chi connectivity index (χ1n) is 5.29. The molecule has 0 atom stereocenters. The van der Waals surface area contributed by atoms with Crippen LogP contribution in [0.5, 0.6) is 0 Å². The monoisotopic (exact) mass is 266 g/mol. The van der Waals surface area contributed by atoms with Crippen LogP contribution in [-0.2, 0) is 6.42 Å². The second-order valence-corrected chi connectivity index (χ2v) is 4.25. The van der Waals surface area contributed by atoms with Gasteiger partial charge in [-0.05, 0) is 29.8 Å². The summed E-state index contributed by atoms with van der Waals surface area (Å²) < 4.78 is 26.8. The summed E-state index contributed by atoms with van der Waals surface area (Å²) in [5.41, 5.74) is 0.118. The van der Waals surface area contributed by atoms with Crippen molar-refractivity contribution < 1.29 is 13.6 Å². The molecule has 92 valence electrons. The van der Waals surface area contributed by atoms with Crippen LogP contribution in [-0.4, -0.2) is 5.78 Å². The van der Waals surface area contributed by atoms with Crippen LogP contribution in [0.3, 0.4) is 0 Å².